The van der Waals surface area contributed by atoms with E-state index in [1.54, 1.807) is 30.3 Å². The minimum absolute atomic E-state index is 0.0791. The molecule has 0 bridgehead atoms. The zero-order chi connectivity index (χ0) is 26.3. The minimum atomic E-state index is -0.521. The number of carbonyl (C=O) groups is 2. The summed E-state index contributed by atoms with van der Waals surface area (Å²) in [7, 11) is 2.95. The Balaban J connectivity index is 1.64. The van der Waals surface area contributed by atoms with Gasteiger partial charge in [0.15, 0.2) is 17.3 Å². The Hall–Kier alpha value is -4.26. The summed E-state index contributed by atoms with van der Waals surface area (Å²) in [6, 6.07) is 17.6. The Morgan fingerprint density at radius 1 is 0.946 bits per heavy atom. The molecule has 0 radical (unpaired) electrons. The highest BCUT2D eigenvalue weighted by Gasteiger charge is 2.42. The van der Waals surface area contributed by atoms with Gasteiger partial charge in [-0.3, -0.25) is 9.59 Å². The van der Waals surface area contributed by atoms with E-state index in [9.17, 15) is 14.7 Å². The Kier molecular flexibility index (Phi) is 6.15. The average Bonchev–Trinajstić information content (AvgIpc) is 3.04. The summed E-state index contributed by atoms with van der Waals surface area (Å²) >= 11 is 0. The fourth-order valence-electron chi connectivity index (χ4n) is 5.22. The Bertz CT molecular complexity index is 1390. The van der Waals surface area contributed by atoms with Crippen molar-refractivity contribution in [2.45, 2.75) is 26.3 Å². The molecule has 0 unspecified atom stereocenters. The van der Waals surface area contributed by atoms with Gasteiger partial charge in [0.1, 0.15) is 5.78 Å². The van der Waals surface area contributed by atoms with Gasteiger partial charge in [0.05, 0.1) is 37.6 Å². The van der Waals surface area contributed by atoms with Crippen LogP contribution in [0.15, 0.2) is 72.4 Å². The predicted octanol–water partition coefficient (Wildman–Crippen LogP) is 5.72. The summed E-state index contributed by atoms with van der Waals surface area (Å²) < 4.78 is 10.8. The standard InChI is InChI=1S/C30H30N2O5/c1-30(2)15-22-26(23(33)16-30)27(19-13-24(36-3)29(35)25(14-19)37-4)32-20-11-10-18(12-21(20)31-22)28(34)17-8-6-5-7-9-17/h5-15,26-27,31-32,35H,16H2,1-4H3/t26-,27+/m1/s1. The van der Waals surface area contributed by atoms with Gasteiger partial charge in [-0.25, -0.2) is 0 Å². The minimum Gasteiger partial charge on any atom is -0.502 e. The lowest BCUT2D eigenvalue weighted by Crippen LogP contribution is -2.36. The second-order valence-corrected chi connectivity index (χ2v) is 10.2. The molecule has 7 heteroatoms. The highest BCUT2D eigenvalue weighted by atomic mass is 16.5. The maximum atomic E-state index is 13.6. The number of fused-ring (bicyclic) bond motifs is 2. The molecule has 3 aromatic carbocycles. The molecule has 3 aromatic rings. The van der Waals surface area contributed by atoms with Gasteiger partial charge in [-0.05, 0) is 41.3 Å². The lowest BCUT2D eigenvalue weighted by Gasteiger charge is -2.35. The monoisotopic (exact) mass is 498 g/mol. The first-order valence-corrected chi connectivity index (χ1v) is 12.2. The third-order valence-electron chi connectivity index (χ3n) is 6.96. The van der Waals surface area contributed by atoms with Crippen molar-refractivity contribution in [1.29, 1.82) is 0 Å². The molecule has 0 aromatic heterocycles. The second-order valence-electron chi connectivity index (χ2n) is 10.2. The van der Waals surface area contributed by atoms with Gasteiger partial charge in [-0.15, -0.1) is 0 Å². The molecule has 1 heterocycles. The van der Waals surface area contributed by atoms with Gasteiger partial charge in [0.25, 0.3) is 0 Å². The number of methoxy groups -OCH3 is 2. The molecule has 1 aliphatic carbocycles. The van der Waals surface area contributed by atoms with E-state index in [0.717, 1.165) is 16.9 Å². The molecule has 0 amide bonds. The van der Waals surface area contributed by atoms with Crippen LogP contribution < -0.4 is 20.1 Å². The average molecular weight is 499 g/mol. The highest BCUT2D eigenvalue weighted by Crippen LogP contribution is 2.48. The molecule has 0 saturated heterocycles. The fourth-order valence-corrected chi connectivity index (χ4v) is 5.22. The second kappa shape index (κ2) is 9.32. The van der Waals surface area contributed by atoms with Crippen LogP contribution in [0.3, 0.4) is 0 Å². The highest BCUT2D eigenvalue weighted by molar-refractivity contribution is 6.10. The zero-order valence-electron chi connectivity index (χ0n) is 21.3. The molecular formula is C30H30N2O5. The maximum Gasteiger partial charge on any atom is 0.200 e. The summed E-state index contributed by atoms with van der Waals surface area (Å²) in [6.45, 7) is 4.07. The van der Waals surface area contributed by atoms with Crippen molar-refractivity contribution in [2.75, 3.05) is 24.9 Å². The topological polar surface area (TPSA) is 96.9 Å². The number of aromatic hydroxyl groups is 1. The normalized spacial score (nSPS) is 19.8. The number of allylic oxidation sites excluding steroid dienone is 1. The third kappa shape index (κ3) is 4.53. The number of carbonyl (C=O) groups excluding carboxylic acids is 2. The Morgan fingerprint density at radius 2 is 1.62 bits per heavy atom. The molecule has 2 aliphatic rings. The van der Waals surface area contributed by atoms with Crippen molar-refractivity contribution in [3.8, 4) is 17.2 Å². The van der Waals surface area contributed by atoms with Crippen molar-refractivity contribution in [2.24, 2.45) is 11.3 Å². The summed E-state index contributed by atoms with van der Waals surface area (Å²) in [4.78, 5) is 26.7. The van der Waals surface area contributed by atoms with Crippen LogP contribution in [0.2, 0.25) is 0 Å². The molecule has 7 nitrogen and oxygen atoms in total. The number of hydrogen-bond acceptors (Lipinski definition) is 7. The molecule has 1 aliphatic heterocycles. The number of phenols is 1. The van der Waals surface area contributed by atoms with Crippen molar-refractivity contribution in [3.63, 3.8) is 0 Å². The Labute approximate surface area is 216 Å². The maximum absolute atomic E-state index is 13.6. The number of nitrogens with one attached hydrogen (secondary N) is 2. The van der Waals surface area contributed by atoms with Crippen molar-refractivity contribution in [1.82, 2.24) is 0 Å². The number of rotatable bonds is 5. The van der Waals surface area contributed by atoms with E-state index in [2.05, 4.69) is 16.7 Å². The van der Waals surface area contributed by atoms with Gasteiger partial charge < -0.3 is 25.2 Å². The van der Waals surface area contributed by atoms with Crippen LogP contribution in [-0.4, -0.2) is 30.9 Å². The zero-order valence-corrected chi connectivity index (χ0v) is 21.3. The van der Waals surface area contributed by atoms with E-state index in [1.165, 1.54) is 14.2 Å². The molecular weight excluding hydrogens is 468 g/mol. The molecule has 5 rings (SSSR count). The van der Waals surface area contributed by atoms with Crippen molar-refractivity contribution in [3.05, 3.63) is 89.1 Å². The molecule has 37 heavy (non-hydrogen) atoms. The molecule has 0 saturated carbocycles. The first-order valence-electron chi connectivity index (χ1n) is 12.2. The van der Waals surface area contributed by atoms with E-state index in [4.69, 9.17) is 9.47 Å². The molecule has 0 fully saturated rings. The lowest BCUT2D eigenvalue weighted by molar-refractivity contribution is -0.124. The number of Topliss-reactive ketones (excluding diaryl/α,β-unsaturated/α-hetero) is 1. The van der Waals surface area contributed by atoms with Crippen molar-refractivity contribution < 1.29 is 24.2 Å². The molecule has 2 atom stereocenters. The summed E-state index contributed by atoms with van der Waals surface area (Å²) in [5, 5.41) is 17.5. The third-order valence-corrected chi connectivity index (χ3v) is 6.96. The van der Waals surface area contributed by atoms with Crippen LogP contribution in [0.1, 0.15) is 47.8 Å². The molecule has 0 spiro atoms. The number of ketones is 2. The summed E-state index contributed by atoms with van der Waals surface area (Å²) in [6.07, 6.45) is 2.49. The van der Waals surface area contributed by atoms with Gasteiger partial charge in [0, 0.05) is 23.2 Å². The van der Waals surface area contributed by atoms with E-state index >= 15 is 0 Å². The number of hydrogen-bond donors (Lipinski definition) is 3. The van der Waals surface area contributed by atoms with Crippen LogP contribution in [0.25, 0.3) is 0 Å². The number of phenolic OH excluding ortho intramolecular Hbond substituents is 1. The van der Waals surface area contributed by atoms with Gasteiger partial charge in [0.2, 0.25) is 5.75 Å². The van der Waals surface area contributed by atoms with E-state index in [1.807, 2.05) is 44.2 Å². The predicted molar refractivity (Wildman–Crippen MR) is 142 cm³/mol. The van der Waals surface area contributed by atoms with E-state index < -0.39 is 12.0 Å². The van der Waals surface area contributed by atoms with Gasteiger partial charge >= 0.3 is 0 Å². The van der Waals surface area contributed by atoms with Crippen LogP contribution >= 0.6 is 0 Å². The number of ether oxygens (including phenoxy) is 2. The smallest absolute Gasteiger partial charge is 0.200 e. The van der Waals surface area contributed by atoms with E-state index in [-0.39, 0.29) is 34.2 Å². The van der Waals surface area contributed by atoms with Crippen LogP contribution in [-0.2, 0) is 4.79 Å². The van der Waals surface area contributed by atoms with E-state index in [0.29, 0.717) is 23.2 Å². The molecule has 3 N–H and O–H groups in total. The van der Waals surface area contributed by atoms with Crippen molar-refractivity contribution >= 4 is 22.9 Å². The first-order chi connectivity index (χ1) is 17.7. The first kappa shape index (κ1) is 24.4. The largest absolute Gasteiger partial charge is 0.502 e. The van der Waals surface area contributed by atoms with Crippen LogP contribution in [0.4, 0.5) is 11.4 Å². The van der Waals surface area contributed by atoms with Crippen LogP contribution in [0, 0.1) is 11.3 Å². The van der Waals surface area contributed by atoms with Gasteiger partial charge in [-0.1, -0.05) is 50.3 Å². The SMILES string of the molecule is COc1cc([C@@H]2Nc3ccc(C(=O)c4ccccc4)cc3NC3=CC(C)(C)CC(=O)[C@@H]32)cc(OC)c1O. The summed E-state index contributed by atoms with van der Waals surface area (Å²) in [5.74, 6) is -0.0982. The summed E-state index contributed by atoms with van der Waals surface area (Å²) in [5.41, 5.74) is 3.79. The lowest BCUT2D eigenvalue weighted by atomic mass is 9.72. The quantitative estimate of drug-likeness (QED) is 0.387. The van der Waals surface area contributed by atoms with Gasteiger partial charge in [-0.2, -0.15) is 0 Å². The Morgan fingerprint density at radius 3 is 2.27 bits per heavy atom. The fraction of sp³-hybridized carbons (Fsp3) is 0.267. The number of benzene rings is 3. The van der Waals surface area contributed by atoms with Crippen LogP contribution in [0.5, 0.6) is 17.2 Å². The molecule has 190 valence electrons. The number of anilines is 2.